The van der Waals surface area contributed by atoms with Crippen LogP contribution in [0.2, 0.25) is 4.34 Å². The van der Waals surface area contributed by atoms with Gasteiger partial charge in [-0.2, -0.15) is 13.2 Å². The van der Waals surface area contributed by atoms with Crippen LogP contribution in [0.3, 0.4) is 0 Å². The fourth-order valence-electron chi connectivity index (χ4n) is 4.36. The number of thiophene rings is 1. The zero-order valence-corrected chi connectivity index (χ0v) is 20.6. The molecular formula is C25H25ClF3N3OS. The number of nitrogens with zero attached hydrogens (tertiary/aromatic N) is 3. The molecule has 1 aliphatic rings. The van der Waals surface area contributed by atoms with Crippen molar-refractivity contribution in [3.05, 3.63) is 80.8 Å². The second kappa shape index (κ2) is 9.60. The van der Waals surface area contributed by atoms with Gasteiger partial charge in [-0.3, -0.25) is 4.79 Å². The van der Waals surface area contributed by atoms with E-state index in [1.807, 2.05) is 43.3 Å². The first-order chi connectivity index (χ1) is 16.0. The molecule has 9 heteroatoms. The maximum Gasteiger partial charge on any atom is 0.418 e. The minimum absolute atomic E-state index is 0.128. The highest BCUT2D eigenvalue weighted by Gasteiger charge is 2.37. The van der Waals surface area contributed by atoms with Gasteiger partial charge in [0.25, 0.3) is 0 Å². The molecule has 3 heterocycles. The van der Waals surface area contributed by atoms with E-state index >= 15 is 0 Å². The Labute approximate surface area is 205 Å². The Morgan fingerprint density at radius 3 is 2.65 bits per heavy atom. The van der Waals surface area contributed by atoms with E-state index in [1.54, 1.807) is 30.2 Å². The standard InChI is InChI=1S/C25H25ClF3N3OS/c1-30(2)10-6-9-24(33)32-13-19(18-11-23(26)34-22(18)15-32)16-7-4-5-8-17(16)20-12-31(3)14-21(20)25(27,28)29/h4-9,11-12,14,19H,10,13,15H2,1-3H3/b9-6+/t19-/m0/s1. The predicted octanol–water partition coefficient (Wildman–Crippen LogP) is 6.02. The van der Waals surface area contributed by atoms with E-state index in [0.29, 0.717) is 29.5 Å². The van der Waals surface area contributed by atoms with Crippen molar-refractivity contribution in [2.75, 3.05) is 27.2 Å². The van der Waals surface area contributed by atoms with Gasteiger partial charge in [-0.25, -0.2) is 0 Å². The largest absolute Gasteiger partial charge is 0.418 e. The van der Waals surface area contributed by atoms with Crippen molar-refractivity contribution in [2.45, 2.75) is 18.6 Å². The number of alkyl halides is 3. The molecule has 0 spiro atoms. The second-order valence-corrected chi connectivity index (χ2v) is 10.5. The number of halogens is 4. The highest BCUT2D eigenvalue weighted by molar-refractivity contribution is 7.16. The van der Waals surface area contributed by atoms with Crippen molar-refractivity contribution < 1.29 is 18.0 Å². The van der Waals surface area contributed by atoms with E-state index in [2.05, 4.69) is 0 Å². The highest BCUT2D eigenvalue weighted by atomic mass is 35.5. The summed E-state index contributed by atoms with van der Waals surface area (Å²) in [6.45, 7) is 1.42. The lowest BCUT2D eigenvalue weighted by atomic mass is 9.83. The number of fused-ring (bicyclic) bond motifs is 1. The van der Waals surface area contributed by atoms with Crippen molar-refractivity contribution in [2.24, 2.45) is 7.05 Å². The fraction of sp³-hybridized carbons (Fsp3) is 0.320. The number of benzene rings is 1. The summed E-state index contributed by atoms with van der Waals surface area (Å²) in [5.41, 5.74) is 1.66. The third-order valence-electron chi connectivity index (χ3n) is 5.85. The van der Waals surface area contributed by atoms with Crippen LogP contribution in [-0.2, 0) is 24.6 Å². The summed E-state index contributed by atoms with van der Waals surface area (Å²) in [7, 11) is 5.42. The molecule has 2 aromatic heterocycles. The molecule has 180 valence electrons. The number of likely N-dealkylation sites (N-methyl/N-ethyl adjacent to an activating group) is 1. The van der Waals surface area contributed by atoms with Gasteiger partial charge in [0.05, 0.1) is 16.4 Å². The predicted molar refractivity (Wildman–Crippen MR) is 130 cm³/mol. The zero-order chi connectivity index (χ0) is 24.6. The molecule has 1 aromatic carbocycles. The monoisotopic (exact) mass is 507 g/mol. The lowest BCUT2D eigenvalue weighted by Gasteiger charge is -2.33. The first kappa shape index (κ1) is 24.6. The van der Waals surface area contributed by atoms with Crippen molar-refractivity contribution >= 4 is 28.8 Å². The van der Waals surface area contributed by atoms with Gasteiger partial charge in [0.15, 0.2) is 0 Å². The van der Waals surface area contributed by atoms with Gasteiger partial charge < -0.3 is 14.4 Å². The normalized spacial score (nSPS) is 16.5. The number of aryl methyl sites for hydroxylation is 1. The molecule has 0 fully saturated rings. The molecule has 0 aliphatic carbocycles. The summed E-state index contributed by atoms with van der Waals surface area (Å²) in [6.07, 6.45) is 1.49. The summed E-state index contributed by atoms with van der Waals surface area (Å²) in [6, 6.07) is 9.00. The maximum atomic E-state index is 13.8. The van der Waals surface area contributed by atoms with Crippen molar-refractivity contribution in [1.82, 2.24) is 14.4 Å². The summed E-state index contributed by atoms with van der Waals surface area (Å²) in [5, 5.41) is 0. The first-order valence-corrected chi connectivity index (χ1v) is 11.9. The molecule has 0 saturated carbocycles. The molecular weight excluding hydrogens is 483 g/mol. The van der Waals surface area contributed by atoms with Crippen LogP contribution in [0.25, 0.3) is 11.1 Å². The summed E-state index contributed by atoms with van der Waals surface area (Å²) in [4.78, 5) is 17.6. The third kappa shape index (κ3) is 5.09. The number of amides is 1. The molecule has 0 bridgehead atoms. The Balaban J connectivity index is 1.78. The van der Waals surface area contributed by atoms with E-state index in [9.17, 15) is 18.0 Å². The molecule has 34 heavy (non-hydrogen) atoms. The molecule has 4 rings (SSSR count). The minimum Gasteiger partial charge on any atom is -0.356 e. The number of hydrogen-bond donors (Lipinski definition) is 0. The van der Waals surface area contributed by atoms with Gasteiger partial charge in [-0.05, 0) is 36.9 Å². The Morgan fingerprint density at radius 2 is 1.94 bits per heavy atom. The Bertz CT molecular complexity index is 1230. The number of hydrogen-bond acceptors (Lipinski definition) is 3. The fourth-order valence-corrected chi connectivity index (χ4v) is 5.72. The van der Waals surface area contributed by atoms with Gasteiger partial charge in [-0.1, -0.05) is 41.9 Å². The highest BCUT2D eigenvalue weighted by Crippen LogP contribution is 2.45. The van der Waals surface area contributed by atoms with Crippen LogP contribution < -0.4 is 0 Å². The molecule has 0 radical (unpaired) electrons. The SMILES string of the molecule is CN(C)C/C=C/C(=O)N1Cc2sc(Cl)cc2[C@H](c2ccccc2-c2cn(C)cc2C(F)(F)F)C1. The Morgan fingerprint density at radius 1 is 1.21 bits per heavy atom. The summed E-state index contributed by atoms with van der Waals surface area (Å²) in [5.74, 6) is -0.425. The van der Waals surface area contributed by atoms with Crippen LogP contribution in [0.1, 0.15) is 27.5 Å². The number of aromatic nitrogens is 1. The summed E-state index contributed by atoms with van der Waals surface area (Å²) >= 11 is 7.74. The topological polar surface area (TPSA) is 28.5 Å². The van der Waals surface area contributed by atoms with E-state index in [4.69, 9.17) is 11.6 Å². The number of rotatable bonds is 5. The van der Waals surface area contributed by atoms with Gasteiger partial charge in [0, 0.05) is 55.0 Å². The molecule has 1 amide bonds. The van der Waals surface area contributed by atoms with E-state index in [1.165, 1.54) is 22.1 Å². The first-order valence-electron chi connectivity index (χ1n) is 10.8. The average molecular weight is 508 g/mol. The second-order valence-electron chi connectivity index (χ2n) is 8.70. The van der Waals surface area contributed by atoms with E-state index in [0.717, 1.165) is 22.2 Å². The molecule has 0 unspecified atom stereocenters. The third-order valence-corrected chi connectivity index (χ3v) is 7.12. The Kier molecular flexibility index (Phi) is 6.94. The molecule has 1 atom stereocenters. The van der Waals surface area contributed by atoms with Crippen LogP contribution >= 0.6 is 22.9 Å². The van der Waals surface area contributed by atoms with Gasteiger partial charge in [0.1, 0.15) is 0 Å². The van der Waals surface area contributed by atoms with Crippen LogP contribution in [0, 0.1) is 0 Å². The van der Waals surface area contributed by atoms with Gasteiger partial charge in [-0.15, -0.1) is 11.3 Å². The minimum atomic E-state index is -4.48. The van der Waals surface area contributed by atoms with Gasteiger partial charge >= 0.3 is 6.18 Å². The molecule has 1 aliphatic heterocycles. The lowest BCUT2D eigenvalue weighted by molar-refractivity contribution is -0.137. The van der Waals surface area contributed by atoms with Crippen molar-refractivity contribution in [1.29, 1.82) is 0 Å². The van der Waals surface area contributed by atoms with Crippen LogP contribution in [0.15, 0.2) is 54.9 Å². The maximum absolute atomic E-state index is 13.8. The lowest BCUT2D eigenvalue weighted by Crippen LogP contribution is -2.37. The van der Waals surface area contributed by atoms with E-state index in [-0.39, 0.29) is 17.4 Å². The zero-order valence-electron chi connectivity index (χ0n) is 19.1. The Hall–Kier alpha value is -2.55. The van der Waals surface area contributed by atoms with Gasteiger partial charge in [0.2, 0.25) is 5.91 Å². The quantitative estimate of drug-likeness (QED) is 0.395. The van der Waals surface area contributed by atoms with Crippen LogP contribution in [-0.4, -0.2) is 47.5 Å². The smallest absolute Gasteiger partial charge is 0.356 e. The molecule has 0 saturated heterocycles. The van der Waals surface area contributed by atoms with Crippen LogP contribution in [0.4, 0.5) is 13.2 Å². The number of carbonyl (C=O) groups is 1. The van der Waals surface area contributed by atoms with E-state index < -0.39 is 11.7 Å². The van der Waals surface area contributed by atoms with Crippen LogP contribution in [0.5, 0.6) is 0 Å². The average Bonchev–Trinajstić information content (AvgIpc) is 3.34. The molecule has 0 N–H and O–H groups in total. The van der Waals surface area contributed by atoms with Crippen molar-refractivity contribution in [3.8, 4) is 11.1 Å². The number of carbonyl (C=O) groups excluding carboxylic acids is 1. The summed E-state index contributed by atoms with van der Waals surface area (Å²) < 4.78 is 43.5. The molecule has 4 nitrogen and oxygen atoms in total. The molecule has 3 aromatic rings. The van der Waals surface area contributed by atoms with Crippen molar-refractivity contribution in [3.63, 3.8) is 0 Å².